The van der Waals surface area contributed by atoms with Crippen molar-refractivity contribution in [3.63, 3.8) is 0 Å². The second kappa shape index (κ2) is 6.12. The van der Waals surface area contributed by atoms with Crippen molar-refractivity contribution < 1.29 is 14.4 Å². The molecule has 0 saturated carbocycles. The normalized spacial score (nSPS) is 11.9. The van der Waals surface area contributed by atoms with Gasteiger partial charge in [0.25, 0.3) is 5.91 Å². The molecule has 16 heavy (non-hydrogen) atoms. The van der Waals surface area contributed by atoms with Gasteiger partial charge in [0.2, 0.25) is 0 Å². The number of aryl methyl sites for hydroxylation is 1. The molecule has 0 aromatic heterocycles. The van der Waals surface area contributed by atoms with Crippen LogP contribution in [0.25, 0.3) is 0 Å². The monoisotopic (exact) mass is 223 g/mol. The van der Waals surface area contributed by atoms with E-state index in [-0.39, 0.29) is 5.91 Å². The SMILES string of the molecule is CCONC(=O)C(C)Oc1cccc(C)c1. The molecule has 1 aromatic rings. The lowest BCUT2D eigenvalue weighted by molar-refractivity contribution is -0.139. The van der Waals surface area contributed by atoms with Crippen LogP contribution in [0.5, 0.6) is 5.75 Å². The Morgan fingerprint density at radius 2 is 2.25 bits per heavy atom. The summed E-state index contributed by atoms with van der Waals surface area (Å²) in [5.41, 5.74) is 3.40. The number of hydroxylamine groups is 1. The van der Waals surface area contributed by atoms with E-state index in [4.69, 9.17) is 9.57 Å². The fourth-order valence-corrected chi connectivity index (χ4v) is 1.17. The summed E-state index contributed by atoms with van der Waals surface area (Å²) in [7, 11) is 0. The van der Waals surface area contributed by atoms with Crippen LogP contribution < -0.4 is 10.2 Å². The molecule has 88 valence electrons. The summed E-state index contributed by atoms with van der Waals surface area (Å²) in [6.07, 6.45) is -0.576. The molecule has 0 aliphatic rings. The molecule has 0 heterocycles. The molecule has 1 atom stereocenters. The Balaban J connectivity index is 2.50. The minimum absolute atomic E-state index is 0.289. The molecule has 1 amide bonds. The third-order valence-corrected chi connectivity index (χ3v) is 1.99. The predicted molar refractivity (Wildman–Crippen MR) is 61.0 cm³/mol. The molecule has 1 unspecified atom stereocenters. The van der Waals surface area contributed by atoms with Crippen molar-refractivity contribution in [1.82, 2.24) is 5.48 Å². The fraction of sp³-hybridized carbons (Fsp3) is 0.417. The smallest absolute Gasteiger partial charge is 0.284 e. The predicted octanol–water partition coefficient (Wildman–Crippen LogP) is 1.83. The molecule has 1 N–H and O–H groups in total. The number of nitrogens with one attached hydrogen (secondary N) is 1. The Morgan fingerprint density at radius 1 is 1.50 bits per heavy atom. The zero-order valence-electron chi connectivity index (χ0n) is 9.82. The average molecular weight is 223 g/mol. The molecule has 1 aromatic carbocycles. The maximum atomic E-state index is 11.4. The molecule has 0 spiro atoms. The first kappa shape index (κ1) is 12.5. The second-order valence-corrected chi connectivity index (χ2v) is 3.48. The fourth-order valence-electron chi connectivity index (χ4n) is 1.17. The van der Waals surface area contributed by atoms with E-state index in [1.807, 2.05) is 31.2 Å². The molecule has 0 aliphatic heterocycles. The number of amides is 1. The van der Waals surface area contributed by atoms with Gasteiger partial charge in [-0.3, -0.25) is 9.63 Å². The highest BCUT2D eigenvalue weighted by molar-refractivity contribution is 5.79. The molecule has 0 saturated heterocycles. The summed E-state index contributed by atoms with van der Waals surface area (Å²) < 4.78 is 5.46. The maximum Gasteiger partial charge on any atom is 0.284 e. The van der Waals surface area contributed by atoms with Gasteiger partial charge in [-0.15, -0.1) is 0 Å². The Labute approximate surface area is 95.5 Å². The molecule has 0 aliphatic carbocycles. The van der Waals surface area contributed by atoms with Gasteiger partial charge in [-0.25, -0.2) is 5.48 Å². The van der Waals surface area contributed by atoms with Crippen LogP contribution in [0.2, 0.25) is 0 Å². The minimum Gasteiger partial charge on any atom is -0.481 e. The second-order valence-electron chi connectivity index (χ2n) is 3.48. The average Bonchev–Trinajstić information content (AvgIpc) is 2.25. The van der Waals surface area contributed by atoms with Crippen LogP contribution in [-0.2, 0) is 9.63 Å². The number of benzene rings is 1. The van der Waals surface area contributed by atoms with Crippen LogP contribution in [0.1, 0.15) is 19.4 Å². The Hall–Kier alpha value is -1.55. The van der Waals surface area contributed by atoms with Gasteiger partial charge in [0, 0.05) is 0 Å². The molecule has 4 nitrogen and oxygen atoms in total. The summed E-state index contributed by atoms with van der Waals surface area (Å²) in [4.78, 5) is 16.2. The standard InChI is InChI=1S/C12H17NO3/c1-4-15-13-12(14)10(3)16-11-7-5-6-9(2)8-11/h5-8,10H,4H2,1-3H3,(H,13,14). The first-order valence-corrected chi connectivity index (χ1v) is 5.28. The van der Waals surface area contributed by atoms with E-state index in [0.717, 1.165) is 5.56 Å². The molecule has 0 bridgehead atoms. The largest absolute Gasteiger partial charge is 0.481 e. The highest BCUT2D eigenvalue weighted by Gasteiger charge is 2.14. The third kappa shape index (κ3) is 3.90. The molecule has 4 heteroatoms. The van der Waals surface area contributed by atoms with Gasteiger partial charge in [0.15, 0.2) is 6.10 Å². The summed E-state index contributed by atoms with van der Waals surface area (Å²) in [6, 6.07) is 7.55. The van der Waals surface area contributed by atoms with Crippen LogP contribution in [-0.4, -0.2) is 18.6 Å². The van der Waals surface area contributed by atoms with Gasteiger partial charge in [0.05, 0.1) is 6.61 Å². The summed E-state index contributed by atoms with van der Waals surface area (Å²) in [5, 5.41) is 0. The van der Waals surface area contributed by atoms with E-state index < -0.39 is 6.10 Å². The van der Waals surface area contributed by atoms with Crippen molar-refractivity contribution in [2.75, 3.05) is 6.61 Å². The van der Waals surface area contributed by atoms with E-state index in [9.17, 15) is 4.79 Å². The van der Waals surface area contributed by atoms with Crippen LogP contribution in [0.3, 0.4) is 0 Å². The van der Waals surface area contributed by atoms with Crippen LogP contribution in [0.4, 0.5) is 0 Å². The first-order chi connectivity index (χ1) is 7.63. The van der Waals surface area contributed by atoms with Crippen LogP contribution in [0, 0.1) is 6.92 Å². The minimum atomic E-state index is -0.576. The zero-order chi connectivity index (χ0) is 12.0. The molecule has 0 radical (unpaired) electrons. The Morgan fingerprint density at radius 3 is 2.88 bits per heavy atom. The van der Waals surface area contributed by atoms with E-state index in [2.05, 4.69) is 5.48 Å². The number of carbonyl (C=O) groups is 1. The molecule has 1 rings (SSSR count). The number of rotatable bonds is 5. The van der Waals surface area contributed by atoms with Gasteiger partial charge < -0.3 is 4.74 Å². The van der Waals surface area contributed by atoms with E-state index in [1.54, 1.807) is 13.8 Å². The van der Waals surface area contributed by atoms with Crippen molar-refractivity contribution in [2.24, 2.45) is 0 Å². The number of carbonyl (C=O) groups excluding carboxylic acids is 1. The first-order valence-electron chi connectivity index (χ1n) is 5.28. The Bertz CT molecular complexity index is 352. The van der Waals surface area contributed by atoms with Gasteiger partial charge in [-0.05, 0) is 38.5 Å². The van der Waals surface area contributed by atoms with Crippen LogP contribution >= 0.6 is 0 Å². The van der Waals surface area contributed by atoms with Crippen molar-refractivity contribution in [3.05, 3.63) is 29.8 Å². The van der Waals surface area contributed by atoms with Gasteiger partial charge in [-0.2, -0.15) is 0 Å². The lowest BCUT2D eigenvalue weighted by atomic mass is 10.2. The van der Waals surface area contributed by atoms with Crippen molar-refractivity contribution >= 4 is 5.91 Å². The van der Waals surface area contributed by atoms with Crippen molar-refractivity contribution in [2.45, 2.75) is 26.9 Å². The van der Waals surface area contributed by atoms with Crippen molar-refractivity contribution in [1.29, 1.82) is 0 Å². The maximum absolute atomic E-state index is 11.4. The third-order valence-electron chi connectivity index (χ3n) is 1.99. The molecular weight excluding hydrogens is 206 g/mol. The highest BCUT2D eigenvalue weighted by Crippen LogP contribution is 2.14. The quantitative estimate of drug-likeness (QED) is 0.775. The lowest BCUT2D eigenvalue weighted by Crippen LogP contribution is -2.36. The van der Waals surface area contributed by atoms with E-state index in [0.29, 0.717) is 12.4 Å². The number of hydrogen-bond donors (Lipinski definition) is 1. The van der Waals surface area contributed by atoms with Gasteiger partial charge in [0.1, 0.15) is 5.75 Å². The number of ether oxygens (including phenoxy) is 1. The molecule has 0 fully saturated rings. The van der Waals surface area contributed by atoms with Gasteiger partial charge in [-0.1, -0.05) is 12.1 Å². The molecular formula is C12H17NO3. The van der Waals surface area contributed by atoms with E-state index >= 15 is 0 Å². The lowest BCUT2D eigenvalue weighted by Gasteiger charge is -2.14. The Kier molecular flexibility index (Phi) is 4.79. The number of hydrogen-bond acceptors (Lipinski definition) is 3. The summed E-state index contributed by atoms with van der Waals surface area (Å²) >= 11 is 0. The highest BCUT2D eigenvalue weighted by atomic mass is 16.7. The zero-order valence-corrected chi connectivity index (χ0v) is 9.82. The van der Waals surface area contributed by atoms with Gasteiger partial charge >= 0.3 is 0 Å². The topological polar surface area (TPSA) is 47.6 Å². The van der Waals surface area contributed by atoms with E-state index in [1.165, 1.54) is 0 Å². The van der Waals surface area contributed by atoms with Crippen LogP contribution in [0.15, 0.2) is 24.3 Å². The summed E-state index contributed by atoms with van der Waals surface area (Å²) in [5.74, 6) is 0.391. The summed E-state index contributed by atoms with van der Waals surface area (Å²) in [6.45, 7) is 5.88. The van der Waals surface area contributed by atoms with Crippen molar-refractivity contribution in [3.8, 4) is 5.75 Å².